The highest BCUT2D eigenvalue weighted by molar-refractivity contribution is 5.91. The van der Waals surface area contributed by atoms with Crippen LogP contribution in [0, 0.1) is 11.3 Å². The van der Waals surface area contributed by atoms with Crippen LogP contribution in [0.1, 0.15) is 11.3 Å². The number of benzene rings is 1. The Kier molecular flexibility index (Phi) is 4.24. The second kappa shape index (κ2) is 6.74. The van der Waals surface area contributed by atoms with E-state index in [2.05, 4.69) is 21.0 Å². The summed E-state index contributed by atoms with van der Waals surface area (Å²) in [5.41, 5.74) is 1.94. The molecule has 4 rings (SSSR count). The van der Waals surface area contributed by atoms with Gasteiger partial charge in [-0.05, 0) is 36.4 Å². The average molecular weight is 376 g/mol. The minimum Gasteiger partial charge on any atom is -0.248 e. The van der Waals surface area contributed by atoms with Gasteiger partial charge in [0.25, 0.3) is 0 Å². The van der Waals surface area contributed by atoms with E-state index in [4.69, 9.17) is 0 Å². The maximum absolute atomic E-state index is 12.9. The molecule has 0 bridgehead atoms. The number of hydrogen-bond acceptors (Lipinski definition) is 4. The van der Waals surface area contributed by atoms with Crippen LogP contribution in [-0.4, -0.2) is 15.0 Å². The summed E-state index contributed by atoms with van der Waals surface area (Å²) in [6.07, 6.45) is -3.13. The number of pyridine rings is 3. The van der Waals surface area contributed by atoms with Crippen molar-refractivity contribution in [3.05, 3.63) is 78.1 Å². The monoisotopic (exact) mass is 376 g/mol. The number of aromatic nitrogens is 3. The van der Waals surface area contributed by atoms with Crippen LogP contribution in [0.4, 0.5) is 13.2 Å². The zero-order valence-corrected chi connectivity index (χ0v) is 14.3. The molecule has 0 unspecified atom stereocenters. The first-order valence-corrected chi connectivity index (χ1v) is 8.27. The molecule has 3 heterocycles. The quantitative estimate of drug-likeness (QED) is 0.479. The van der Waals surface area contributed by atoms with Crippen LogP contribution in [0.2, 0.25) is 0 Å². The van der Waals surface area contributed by atoms with Crippen LogP contribution < -0.4 is 0 Å². The molecule has 0 saturated carbocycles. The molecule has 7 heteroatoms. The molecule has 0 N–H and O–H groups in total. The van der Waals surface area contributed by atoms with Gasteiger partial charge in [-0.15, -0.1) is 0 Å². The lowest BCUT2D eigenvalue weighted by Gasteiger charge is -2.10. The van der Waals surface area contributed by atoms with Gasteiger partial charge < -0.3 is 0 Å². The van der Waals surface area contributed by atoms with Gasteiger partial charge in [-0.3, -0.25) is 0 Å². The van der Waals surface area contributed by atoms with Crippen LogP contribution in [-0.2, 0) is 6.18 Å². The first kappa shape index (κ1) is 17.6. The molecule has 0 aliphatic rings. The maximum Gasteiger partial charge on any atom is 0.433 e. The molecule has 3 aromatic heterocycles. The van der Waals surface area contributed by atoms with Crippen LogP contribution in [0.25, 0.3) is 33.5 Å². The molecule has 0 fully saturated rings. The predicted octanol–water partition coefficient (Wildman–Crippen LogP) is 5.25. The van der Waals surface area contributed by atoms with Crippen molar-refractivity contribution in [3.63, 3.8) is 0 Å². The molecule has 136 valence electrons. The zero-order valence-electron chi connectivity index (χ0n) is 14.3. The van der Waals surface area contributed by atoms with E-state index in [0.717, 1.165) is 6.07 Å². The van der Waals surface area contributed by atoms with Gasteiger partial charge in [-0.25, -0.2) is 15.0 Å². The molecule has 0 amide bonds. The van der Waals surface area contributed by atoms with Crippen molar-refractivity contribution in [1.82, 2.24) is 15.0 Å². The largest absolute Gasteiger partial charge is 0.433 e. The van der Waals surface area contributed by atoms with Gasteiger partial charge in [0.2, 0.25) is 0 Å². The van der Waals surface area contributed by atoms with E-state index < -0.39 is 11.9 Å². The first-order valence-electron chi connectivity index (χ1n) is 8.27. The van der Waals surface area contributed by atoms with Crippen LogP contribution in [0.15, 0.2) is 66.9 Å². The van der Waals surface area contributed by atoms with Gasteiger partial charge in [0.05, 0.1) is 23.0 Å². The Morgan fingerprint density at radius 3 is 2.29 bits per heavy atom. The summed E-state index contributed by atoms with van der Waals surface area (Å²) in [6, 6.07) is 18.5. The number of nitrogens with zero attached hydrogens (tertiary/aromatic N) is 4. The predicted molar refractivity (Wildman–Crippen MR) is 97.9 cm³/mol. The molecular formula is C21H11F3N4. The highest BCUT2D eigenvalue weighted by atomic mass is 19.4. The van der Waals surface area contributed by atoms with Crippen LogP contribution in [0.3, 0.4) is 0 Å². The standard InChI is InChI=1S/C21H11F3N4/c22-21(23,24)19-9-8-16-15(10-11-26-20(16)28-19)18-7-3-6-17(27-18)14-5-2-1-4-13(14)12-25/h1-11H. The lowest BCUT2D eigenvalue weighted by atomic mass is 10.0. The molecule has 0 atom stereocenters. The molecule has 1 aromatic carbocycles. The average Bonchev–Trinajstić information content (AvgIpc) is 2.72. The Balaban J connectivity index is 1.86. The third-order valence-corrected chi connectivity index (χ3v) is 4.24. The Bertz CT molecular complexity index is 1230. The summed E-state index contributed by atoms with van der Waals surface area (Å²) in [5.74, 6) is 0. The highest BCUT2D eigenvalue weighted by Crippen LogP contribution is 2.32. The fraction of sp³-hybridized carbons (Fsp3) is 0.0476. The van der Waals surface area contributed by atoms with E-state index in [9.17, 15) is 18.4 Å². The summed E-state index contributed by atoms with van der Waals surface area (Å²) >= 11 is 0. The van der Waals surface area contributed by atoms with Gasteiger partial charge in [-0.1, -0.05) is 24.3 Å². The Morgan fingerprint density at radius 2 is 1.54 bits per heavy atom. The van der Waals surface area contributed by atoms with E-state index in [1.165, 1.54) is 12.3 Å². The Morgan fingerprint density at radius 1 is 0.786 bits per heavy atom. The fourth-order valence-electron chi connectivity index (χ4n) is 2.95. The second-order valence-corrected chi connectivity index (χ2v) is 5.99. The van der Waals surface area contributed by atoms with Crippen molar-refractivity contribution < 1.29 is 13.2 Å². The van der Waals surface area contributed by atoms with E-state index in [1.807, 2.05) is 6.07 Å². The Labute approximate surface area is 158 Å². The van der Waals surface area contributed by atoms with E-state index >= 15 is 0 Å². The molecule has 0 saturated heterocycles. The van der Waals surface area contributed by atoms with Crippen molar-refractivity contribution in [3.8, 4) is 28.6 Å². The number of halogens is 3. The van der Waals surface area contributed by atoms with Gasteiger partial charge >= 0.3 is 6.18 Å². The minimum atomic E-state index is -4.54. The summed E-state index contributed by atoms with van der Waals surface area (Å²) in [7, 11) is 0. The summed E-state index contributed by atoms with van der Waals surface area (Å²) < 4.78 is 38.8. The SMILES string of the molecule is N#Cc1ccccc1-c1cccc(-c2ccnc3nc(C(F)(F)F)ccc23)n1. The first-order chi connectivity index (χ1) is 13.5. The highest BCUT2D eigenvalue weighted by Gasteiger charge is 2.32. The summed E-state index contributed by atoms with van der Waals surface area (Å²) in [5, 5.41) is 9.78. The molecule has 28 heavy (non-hydrogen) atoms. The number of rotatable bonds is 2. The molecule has 0 aliphatic heterocycles. The van der Waals surface area contributed by atoms with Crippen molar-refractivity contribution in [2.24, 2.45) is 0 Å². The van der Waals surface area contributed by atoms with E-state index in [1.54, 1.807) is 42.5 Å². The third-order valence-electron chi connectivity index (χ3n) is 4.24. The van der Waals surface area contributed by atoms with Gasteiger partial charge in [0.1, 0.15) is 5.69 Å². The molecule has 0 spiro atoms. The van der Waals surface area contributed by atoms with Crippen LogP contribution >= 0.6 is 0 Å². The van der Waals surface area contributed by atoms with Crippen LogP contribution in [0.5, 0.6) is 0 Å². The minimum absolute atomic E-state index is 0.00282. The lowest BCUT2D eigenvalue weighted by Crippen LogP contribution is -2.08. The third kappa shape index (κ3) is 3.16. The smallest absolute Gasteiger partial charge is 0.248 e. The summed E-state index contributed by atoms with van der Waals surface area (Å²) in [6.45, 7) is 0. The fourth-order valence-corrected chi connectivity index (χ4v) is 2.95. The second-order valence-electron chi connectivity index (χ2n) is 5.99. The van der Waals surface area contributed by atoms with Crippen molar-refractivity contribution in [1.29, 1.82) is 5.26 Å². The molecular weight excluding hydrogens is 365 g/mol. The normalized spacial score (nSPS) is 11.4. The number of alkyl halides is 3. The topological polar surface area (TPSA) is 62.5 Å². The van der Waals surface area contributed by atoms with E-state index in [0.29, 0.717) is 33.5 Å². The zero-order chi connectivity index (χ0) is 19.7. The molecule has 0 aliphatic carbocycles. The molecule has 4 aromatic rings. The number of fused-ring (bicyclic) bond motifs is 1. The van der Waals surface area contributed by atoms with Gasteiger partial charge in [0, 0.05) is 22.7 Å². The number of nitriles is 1. The molecule has 4 nitrogen and oxygen atoms in total. The van der Waals surface area contributed by atoms with Gasteiger partial charge in [-0.2, -0.15) is 18.4 Å². The van der Waals surface area contributed by atoms with Crippen molar-refractivity contribution >= 4 is 11.0 Å². The number of hydrogen-bond donors (Lipinski definition) is 0. The van der Waals surface area contributed by atoms with Gasteiger partial charge in [0.15, 0.2) is 5.65 Å². The molecule has 0 radical (unpaired) electrons. The Hall–Kier alpha value is -3.79. The summed E-state index contributed by atoms with van der Waals surface area (Å²) in [4.78, 5) is 12.2. The van der Waals surface area contributed by atoms with Crippen molar-refractivity contribution in [2.45, 2.75) is 6.18 Å². The lowest BCUT2D eigenvalue weighted by molar-refractivity contribution is -0.141. The maximum atomic E-state index is 12.9. The van der Waals surface area contributed by atoms with Crippen molar-refractivity contribution in [2.75, 3.05) is 0 Å². The van der Waals surface area contributed by atoms with E-state index in [-0.39, 0.29) is 5.65 Å².